The zero-order chi connectivity index (χ0) is 21.6. The Bertz CT molecular complexity index is 896. The molecule has 1 atom stereocenters. The van der Waals surface area contributed by atoms with Gasteiger partial charge in [0.1, 0.15) is 5.82 Å². The van der Waals surface area contributed by atoms with Crippen LogP contribution >= 0.6 is 11.6 Å². The molecule has 0 saturated carbocycles. The first-order valence-corrected chi connectivity index (χ1v) is 9.14. The number of nitriles is 1. The van der Waals surface area contributed by atoms with Crippen LogP contribution in [0.4, 0.5) is 32.0 Å². The third-order valence-corrected chi connectivity index (χ3v) is 5.75. The van der Waals surface area contributed by atoms with Crippen molar-refractivity contribution in [1.29, 1.82) is 5.26 Å². The SMILES string of the molecule is N#CC1=C(N)N(c2ccccc2Cl)C2=CCCCCC2C1(C(F)(F)F)C(F)(F)F. The molecule has 2 aliphatic rings. The van der Waals surface area contributed by atoms with Gasteiger partial charge in [-0.25, -0.2) is 0 Å². The van der Waals surface area contributed by atoms with Crippen LogP contribution < -0.4 is 10.6 Å². The molecule has 1 unspecified atom stereocenters. The van der Waals surface area contributed by atoms with Crippen LogP contribution in [0.1, 0.15) is 25.7 Å². The molecule has 2 N–H and O–H groups in total. The summed E-state index contributed by atoms with van der Waals surface area (Å²) in [7, 11) is 0. The van der Waals surface area contributed by atoms with Gasteiger partial charge < -0.3 is 5.73 Å². The second-order valence-electron chi connectivity index (χ2n) is 6.93. The first-order valence-electron chi connectivity index (χ1n) is 8.77. The molecule has 3 rings (SSSR count). The number of benzene rings is 1. The predicted molar refractivity (Wildman–Crippen MR) is 95.3 cm³/mol. The fourth-order valence-corrected chi connectivity index (χ4v) is 4.45. The van der Waals surface area contributed by atoms with Crippen molar-refractivity contribution in [3.8, 4) is 6.07 Å². The number of para-hydroxylation sites is 1. The quantitative estimate of drug-likeness (QED) is 0.547. The van der Waals surface area contributed by atoms with Crippen LogP contribution in [0.2, 0.25) is 5.02 Å². The second kappa shape index (κ2) is 7.17. The molecule has 1 aliphatic carbocycles. The van der Waals surface area contributed by atoms with E-state index in [0.717, 1.165) is 11.0 Å². The summed E-state index contributed by atoms with van der Waals surface area (Å²) in [5, 5.41) is 9.54. The number of anilines is 1. The maximum atomic E-state index is 14.2. The van der Waals surface area contributed by atoms with Crippen LogP contribution in [0.5, 0.6) is 0 Å². The van der Waals surface area contributed by atoms with Crippen molar-refractivity contribution in [2.45, 2.75) is 38.0 Å². The average Bonchev–Trinajstić information content (AvgIpc) is 2.85. The largest absolute Gasteiger partial charge is 0.408 e. The van der Waals surface area contributed by atoms with Crippen LogP contribution in [0.15, 0.2) is 47.4 Å². The Morgan fingerprint density at radius 1 is 1.10 bits per heavy atom. The van der Waals surface area contributed by atoms with E-state index in [9.17, 15) is 31.6 Å². The van der Waals surface area contributed by atoms with Crippen molar-refractivity contribution in [3.63, 3.8) is 0 Å². The lowest BCUT2D eigenvalue weighted by Crippen LogP contribution is -2.61. The molecule has 0 spiro atoms. The highest BCUT2D eigenvalue weighted by atomic mass is 35.5. The van der Waals surface area contributed by atoms with Crippen molar-refractivity contribution in [3.05, 3.63) is 52.5 Å². The Balaban J connectivity index is 2.45. The standard InChI is InChI=1S/C19H16ClF6N3/c20-13-7-4-5-9-15(13)29-14-8-3-1-2-6-11(14)17(18(21,22)23,19(24,25)26)12(10-27)16(29)28/h4-5,7-9,11H,1-3,6,28H2. The number of nitrogens with two attached hydrogens (primary N) is 1. The maximum Gasteiger partial charge on any atom is 0.408 e. The number of halogens is 7. The van der Waals surface area contributed by atoms with Gasteiger partial charge in [-0.2, -0.15) is 31.6 Å². The normalized spacial score (nSPS) is 22.5. The molecule has 3 nitrogen and oxygen atoms in total. The lowest BCUT2D eigenvalue weighted by molar-refractivity contribution is -0.339. The molecule has 1 heterocycles. The average molecular weight is 436 g/mol. The van der Waals surface area contributed by atoms with Gasteiger partial charge in [0.15, 0.2) is 0 Å². The molecule has 1 aliphatic heterocycles. The Kier molecular flexibility index (Phi) is 5.28. The topological polar surface area (TPSA) is 53.1 Å². The minimum Gasteiger partial charge on any atom is -0.384 e. The molecule has 29 heavy (non-hydrogen) atoms. The summed E-state index contributed by atoms with van der Waals surface area (Å²) < 4.78 is 85.1. The number of hydrogen-bond donors (Lipinski definition) is 1. The Morgan fingerprint density at radius 2 is 1.72 bits per heavy atom. The van der Waals surface area contributed by atoms with Crippen LogP contribution in [0.3, 0.4) is 0 Å². The third-order valence-electron chi connectivity index (χ3n) is 5.43. The van der Waals surface area contributed by atoms with E-state index in [1.54, 1.807) is 6.07 Å². The number of allylic oxidation sites excluding steroid dienone is 3. The Morgan fingerprint density at radius 3 is 2.28 bits per heavy atom. The van der Waals surface area contributed by atoms with E-state index in [-0.39, 0.29) is 29.2 Å². The molecule has 0 radical (unpaired) electrons. The number of fused-ring (bicyclic) bond motifs is 1. The third kappa shape index (κ3) is 3.05. The van der Waals surface area contributed by atoms with Crippen molar-refractivity contribution in [2.24, 2.45) is 17.1 Å². The van der Waals surface area contributed by atoms with E-state index < -0.39 is 41.5 Å². The van der Waals surface area contributed by atoms with E-state index in [1.807, 2.05) is 0 Å². The summed E-state index contributed by atoms with van der Waals surface area (Å²) in [4.78, 5) is 1.06. The van der Waals surface area contributed by atoms with E-state index in [2.05, 4.69) is 0 Å². The van der Waals surface area contributed by atoms with E-state index in [4.69, 9.17) is 17.3 Å². The van der Waals surface area contributed by atoms with Gasteiger partial charge in [-0.05, 0) is 31.4 Å². The van der Waals surface area contributed by atoms with Gasteiger partial charge >= 0.3 is 12.4 Å². The zero-order valence-electron chi connectivity index (χ0n) is 14.9. The Hall–Kier alpha value is -2.34. The summed E-state index contributed by atoms with van der Waals surface area (Å²) in [6.45, 7) is 0. The summed E-state index contributed by atoms with van der Waals surface area (Å²) in [5.41, 5.74) is -0.205. The van der Waals surface area contributed by atoms with Crippen molar-refractivity contribution in [2.75, 3.05) is 4.90 Å². The van der Waals surface area contributed by atoms with Crippen molar-refractivity contribution < 1.29 is 26.3 Å². The number of alkyl halides is 6. The highest BCUT2D eigenvalue weighted by Gasteiger charge is 2.78. The highest BCUT2D eigenvalue weighted by molar-refractivity contribution is 6.33. The van der Waals surface area contributed by atoms with Gasteiger partial charge in [0.05, 0.1) is 22.4 Å². The summed E-state index contributed by atoms with van der Waals surface area (Å²) >= 11 is 6.16. The van der Waals surface area contributed by atoms with Gasteiger partial charge in [0, 0.05) is 11.6 Å². The molecule has 0 aromatic heterocycles. The number of rotatable bonds is 1. The first-order chi connectivity index (χ1) is 13.5. The molecular formula is C19H16ClF6N3. The molecule has 10 heteroatoms. The summed E-state index contributed by atoms with van der Waals surface area (Å²) in [5.74, 6) is -2.97. The van der Waals surface area contributed by atoms with Crippen LogP contribution in [0.25, 0.3) is 0 Å². The van der Waals surface area contributed by atoms with Crippen molar-refractivity contribution in [1.82, 2.24) is 0 Å². The lowest BCUT2D eigenvalue weighted by atomic mass is 9.63. The van der Waals surface area contributed by atoms with Gasteiger partial charge in [0.25, 0.3) is 0 Å². The molecule has 156 valence electrons. The molecule has 1 aromatic carbocycles. The fourth-order valence-electron chi connectivity index (χ4n) is 4.23. The molecular weight excluding hydrogens is 420 g/mol. The van der Waals surface area contributed by atoms with Crippen LogP contribution in [-0.2, 0) is 0 Å². The van der Waals surface area contributed by atoms with Gasteiger partial charge in [-0.3, -0.25) is 4.90 Å². The van der Waals surface area contributed by atoms with Crippen LogP contribution in [-0.4, -0.2) is 12.4 Å². The zero-order valence-corrected chi connectivity index (χ0v) is 15.7. The monoisotopic (exact) mass is 435 g/mol. The smallest absolute Gasteiger partial charge is 0.384 e. The summed E-state index contributed by atoms with van der Waals surface area (Å²) in [6.07, 6.45) is -9.76. The molecule has 0 fully saturated rings. The second-order valence-corrected chi connectivity index (χ2v) is 7.34. The summed E-state index contributed by atoms with van der Waals surface area (Å²) in [6, 6.07) is 7.10. The van der Waals surface area contributed by atoms with E-state index >= 15 is 0 Å². The van der Waals surface area contributed by atoms with Gasteiger partial charge in [-0.15, -0.1) is 0 Å². The molecule has 0 bridgehead atoms. The maximum absolute atomic E-state index is 14.2. The van der Waals surface area contributed by atoms with Crippen LogP contribution in [0, 0.1) is 22.7 Å². The minimum atomic E-state index is -5.78. The Labute approximate surface area is 168 Å². The molecule has 1 aromatic rings. The predicted octanol–water partition coefficient (Wildman–Crippen LogP) is 6.04. The van der Waals surface area contributed by atoms with Gasteiger partial charge in [-0.1, -0.05) is 36.2 Å². The number of nitrogens with zero attached hydrogens (tertiary/aromatic N) is 2. The minimum absolute atomic E-state index is 0.0863. The molecule has 0 amide bonds. The van der Waals surface area contributed by atoms with E-state index in [1.165, 1.54) is 24.3 Å². The van der Waals surface area contributed by atoms with Crippen molar-refractivity contribution >= 4 is 17.3 Å². The van der Waals surface area contributed by atoms with Gasteiger partial charge in [0.2, 0.25) is 5.41 Å². The highest BCUT2D eigenvalue weighted by Crippen LogP contribution is 2.65. The lowest BCUT2D eigenvalue weighted by Gasteiger charge is -2.50. The fraction of sp³-hybridized carbons (Fsp3) is 0.421. The first kappa shape index (κ1) is 21.4. The molecule has 0 saturated heterocycles. The number of hydrogen-bond acceptors (Lipinski definition) is 3. The van der Waals surface area contributed by atoms with E-state index in [0.29, 0.717) is 6.42 Å².